The largest absolute Gasteiger partial charge is 0.491 e. The van der Waals surface area contributed by atoms with Crippen molar-refractivity contribution >= 4 is 29.3 Å². The molecule has 4 rings (SSSR count). The predicted octanol–water partition coefficient (Wildman–Crippen LogP) is 7.56. The summed E-state index contributed by atoms with van der Waals surface area (Å²) in [5.41, 5.74) is 3.17. The third kappa shape index (κ3) is 5.48. The molecule has 1 amide bonds. The Bertz CT molecular complexity index is 1170. The van der Waals surface area contributed by atoms with Crippen molar-refractivity contribution in [3.05, 3.63) is 70.8 Å². The predicted molar refractivity (Wildman–Crippen MR) is 137 cm³/mol. The first kappa shape index (κ1) is 24.4. The molecule has 2 aromatic carbocycles. The van der Waals surface area contributed by atoms with Crippen LogP contribution in [0.25, 0.3) is 22.4 Å². The van der Waals surface area contributed by atoms with Gasteiger partial charge in [-0.25, -0.2) is 4.79 Å². The maximum atomic E-state index is 11.4. The molecule has 1 aliphatic rings. The fourth-order valence-corrected chi connectivity index (χ4v) is 4.78. The van der Waals surface area contributed by atoms with Crippen LogP contribution in [0.3, 0.4) is 0 Å². The van der Waals surface area contributed by atoms with Crippen LogP contribution in [0.1, 0.15) is 33.6 Å². The third-order valence-corrected chi connectivity index (χ3v) is 6.80. The molecule has 1 fully saturated rings. The van der Waals surface area contributed by atoms with Gasteiger partial charge in [0, 0.05) is 32.6 Å². The molecule has 1 aliphatic carbocycles. The zero-order chi connectivity index (χ0) is 24.5. The first-order valence-corrected chi connectivity index (χ1v) is 12.0. The van der Waals surface area contributed by atoms with Crippen LogP contribution in [0.2, 0.25) is 10.0 Å². The van der Waals surface area contributed by atoms with Crippen molar-refractivity contribution in [2.24, 2.45) is 10.8 Å². The molecule has 7 heteroatoms. The molecule has 1 atom stereocenters. The summed E-state index contributed by atoms with van der Waals surface area (Å²) in [4.78, 5) is 16.2. The lowest BCUT2D eigenvalue weighted by atomic mass is 9.77. The number of hydrogen-bond donors (Lipinski definition) is 2. The van der Waals surface area contributed by atoms with Crippen molar-refractivity contribution in [2.75, 3.05) is 6.61 Å². The van der Waals surface area contributed by atoms with E-state index in [-0.39, 0.29) is 16.9 Å². The minimum Gasteiger partial charge on any atom is -0.491 e. The first-order valence-electron chi connectivity index (χ1n) is 11.2. The van der Waals surface area contributed by atoms with E-state index < -0.39 is 6.09 Å². The minimum atomic E-state index is -1.01. The van der Waals surface area contributed by atoms with Gasteiger partial charge >= 0.3 is 6.09 Å². The summed E-state index contributed by atoms with van der Waals surface area (Å²) >= 11 is 12.2. The van der Waals surface area contributed by atoms with Crippen molar-refractivity contribution in [3.8, 4) is 28.1 Å². The number of nitrogens with one attached hydrogen (secondary N) is 1. The first-order chi connectivity index (χ1) is 16.1. The van der Waals surface area contributed by atoms with Crippen molar-refractivity contribution in [1.29, 1.82) is 0 Å². The van der Waals surface area contributed by atoms with Gasteiger partial charge in [0.1, 0.15) is 5.75 Å². The van der Waals surface area contributed by atoms with Gasteiger partial charge in [0.05, 0.1) is 18.5 Å². The summed E-state index contributed by atoms with van der Waals surface area (Å²) in [5.74, 6) is 0.636. The van der Waals surface area contributed by atoms with Crippen molar-refractivity contribution in [1.82, 2.24) is 10.3 Å². The Kier molecular flexibility index (Phi) is 6.79. The van der Waals surface area contributed by atoms with Crippen molar-refractivity contribution in [2.45, 2.75) is 39.7 Å². The number of aromatic nitrogens is 1. The fraction of sp³-hybridized carbons (Fsp3) is 0.333. The molecule has 1 unspecified atom stereocenters. The van der Waals surface area contributed by atoms with Crippen LogP contribution in [0.5, 0.6) is 5.75 Å². The van der Waals surface area contributed by atoms with Crippen molar-refractivity contribution < 1.29 is 14.6 Å². The Morgan fingerprint density at radius 3 is 2.12 bits per heavy atom. The summed E-state index contributed by atoms with van der Waals surface area (Å²) < 4.78 is 6.24. The quantitative estimate of drug-likeness (QED) is 0.352. The molecule has 0 radical (unpaired) electrons. The van der Waals surface area contributed by atoms with Gasteiger partial charge < -0.3 is 15.2 Å². The number of pyridine rings is 1. The summed E-state index contributed by atoms with van der Waals surface area (Å²) in [7, 11) is 0. The van der Waals surface area contributed by atoms with Gasteiger partial charge in [0.2, 0.25) is 0 Å². The number of rotatable bonds is 7. The molecular formula is C27H28Cl2N2O3. The van der Waals surface area contributed by atoms with Gasteiger partial charge in [-0.2, -0.15) is 0 Å². The number of carbonyl (C=O) groups is 1. The highest BCUT2D eigenvalue weighted by Crippen LogP contribution is 2.53. The molecule has 0 saturated heterocycles. The molecular weight excluding hydrogens is 471 g/mol. The molecule has 3 aromatic rings. The van der Waals surface area contributed by atoms with Gasteiger partial charge in [-0.3, -0.25) is 4.98 Å². The van der Waals surface area contributed by atoms with Gasteiger partial charge in [-0.1, -0.05) is 68.2 Å². The fourth-order valence-electron chi connectivity index (χ4n) is 4.53. The lowest BCUT2D eigenvalue weighted by molar-refractivity contribution is 0.111. The van der Waals surface area contributed by atoms with E-state index in [0.717, 1.165) is 35.2 Å². The average molecular weight is 499 g/mol. The van der Waals surface area contributed by atoms with E-state index in [1.807, 2.05) is 54.6 Å². The number of halogens is 2. The second-order valence-corrected chi connectivity index (χ2v) is 10.9. The zero-order valence-electron chi connectivity index (χ0n) is 19.4. The molecule has 5 nitrogen and oxygen atoms in total. The standard InChI is InChI=1S/C27H28Cl2N2O3/c1-26(2,3)24(31-25(32)33)27(12-13-27)16-34-21-14-22(17-4-8-19(28)9-5-17)23(30-15-21)18-6-10-20(29)11-7-18/h4-11,14-15,24,31H,12-13,16H2,1-3H3,(H,32,33). The molecule has 1 heterocycles. The molecule has 1 aromatic heterocycles. The highest BCUT2D eigenvalue weighted by atomic mass is 35.5. The van der Waals surface area contributed by atoms with Crippen LogP contribution in [-0.4, -0.2) is 28.8 Å². The monoisotopic (exact) mass is 498 g/mol. The Morgan fingerprint density at radius 1 is 1.06 bits per heavy atom. The van der Waals surface area contributed by atoms with Gasteiger partial charge in [-0.05, 0) is 54.2 Å². The van der Waals surface area contributed by atoms with Crippen molar-refractivity contribution in [3.63, 3.8) is 0 Å². The lowest BCUT2D eigenvalue weighted by Gasteiger charge is -2.37. The highest BCUT2D eigenvalue weighted by molar-refractivity contribution is 6.31. The summed E-state index contributed by atoms with van der Waals surface area (Å²) in [6, 6.07) is 16.9. The van der Waals surface area contributed by atoms with E-state index in [4.69, 9.17) is 32.9 Å². The Balaban J connectivity index is 1.64. The minimum absolute atomic E-state index is 0.213. The molecule has 0 aliphatic heterocycles. The SMILES string of the molecule is CC(C)(C)C(NC(=O)O)C1(COc2cnc(-c3ccc(Cl)cc3)c(-c3ccc(Cl)cc3)c2)CC1. The lowest BCUT2D eigenvalue weighted by Crippen LogP contribution is -2.51. The number of hydrogen-bond acceptors (Lipinski definition) is 3. The van der Waals surface area contributed by atoms with E-state index in [1.165, 1.54) is 0 Å². The Morgan fingerprint density at radius 2 is 1.62 bits per heavy atom. The van der Waals surface area contributed by atoms with E-state index in [0.29, 0.717) is 22.4 Å². The summed E-state index contributed by atoms with van der Waals surface area (Å²) in [6.45, 7) is 6.57. The molecule has 2 N–H and O–H groups in total. The maximum Gasteiger partial charge on any atom is 0.404 e. The zero-order valence-corrected chi connectivity index (χ0v) is 21.0. The van der Waals surface area contributed by atoms with Crippen LogP contribution in [0.15, 0.2) is 60.8 Å². The number of amides is 1. The van der Waals surface area contributed by atoms with Gasteiger partial charge in [0.25, 0.3) is 0 Å². The van der Waals surface area contributed by atoms with Crippen LogP contribution >= 0.6 is 23.2 Å². The third-order valence-electron chi connectivity index (χ3n) is 6.30. The normalized spacial score (nSPS) is 15.4. The molecule has 34 heavy (non-hydrogen) atoms. The van der Waals surface area contributed by atoms with E-state index in [9.17, 15) is 9.90 Å². The average Bonchev–Trinajstić information content (AvgIpc) is 3.57. The second kappa shape index (κ2) is 9.47. The number of benzene rings is 2. The van der Waals surface area contributed by atoms with Crippen LogP contribution in [0.4, 0.5) is 4.79 Å². The molecule has 0 bridgehead atoms. The van der Waals surface area contributed by atoms with Crippen LogP contribution in [0, 0.1) is 10.8 Å². The van der Waals surface area contributed by atoms with E-state index in [1.54, 1.807) is 6.20 Å². The van der Waals surface area contributed by atoms with E-state index in [2.05, 4.69) is 26.1 Å². The van der Waals surface area contributed by atoms with E-state index >= 15 is 0 Å². The molecule has 1 saturated carbocycles. The Hall–Kier alpha value is -2.76. The van der Waals surface area contributed by atoms with Gasteiger partial charge in [-0.15, -0.1) is 0 Å². The number of ether oxygens (including phenoxy) is 1. The Labute approximate surface area is 210 Å². The summed E-state index contributed by atoms with van der Waals surface area (Å²) in [6.07, 6.45) is 2.53. The molecule has 178 valence electrons. The molecule has 0 spiro atoms. The van der Waals surface area contributed by atoms with Gasteiger partial charge in [0.15, 0.2) is 0 Å². The second-order valence-electron chi connectivity index (χ2n) is 9.98. The highest BCUT2D eigenvalue weighted by Gasteiger charge is 2.54. The number of carboxylic acid groups (broad SMARTS) is 1. The number of nitrogens with zero attached hydrogens (tertiary/aromatic N) is 1. The topological polar surface area (TPSA) is 71.5 Å². The smallest absolute Gasteiger partial charge is 0.404 e. The maximum absolute atomic E-state index is 11.4. The van der Waals surface area contributed by atoms with Crippen LogP contribution in [-0.2, 0) is 0 Å². The summed E-state index contributed by atoms with van der Waals surface area (Å²) in [5, 5.41) is 13.4. The van der Waals surface area contributed by atoms with Crippen LogP contribution < -0.4 is 10.1 Å².